The molecular formula is C15H20F2N2. The summed E-state index contributed by atoms with van der Waals surface area (Å²) in [6.45, 7) is 4.82. The van der Waals surface area contributed by atoms with Crippen LogP contribution in [0.25, 0.3) is 0 Å². The van der Waals surface area contributed by atoms with E-state index in [4.69, 9.17) is 0 Å². The highest BCUT2D eigenvalue weighted by Crippen LogP contribution is 2.34. The molecule has 0 saturated carbocycles. The molecule has 104 valence electrons. The lowest BCUT2D eigenvalue weighted by Gasteiger charge is -2.41. The van der Waals surface area contributed by atoms with E-state index in [-0.39, 0.29) is 11.6 Å². The predicted octanol–water partition coefficient (Wildman–Crippen LogP) is 2.71. The zero-order valence-electron chi connectivity index (χ0n) is 11.2. The Morgan fingerprint density at radius 3 is 2.74 bits per heavy atom. The quantitative estimate of drug-likeness (QED) is 0.885. The second-order valence-corrected chi connectivity index (χ2v) is 5.68. The number of benzene rings is 1. The van der Waals surface area contributed by atoms with Gasteiger partial charge in [-0.25, -0.2) is 8.78 Å². The molecule has 19 heavy (non-hydrogen) atoms. The van der Waals surface area contributed by atoms with Crippen molar-refractivity contribution >= 4 is 0 Å². The van der Waals surface area contributed by atoms with Crippen molar-refractivity contribution in [2.45, 2.75) is 31.8 Å². The lowest BCUT2D eigenvalue weighted by atomic mass is 9.89. The Kier molecular flexibility index (Phi) is 3.54. The Hall–Kier alpha value is -1.00. The van der Waals surface area contributed by atoms with Crippen LogP contribution >= 0.6 is 0 Å². The Morgan fingerprint density at radius 2 is 2.00 bits per heavy atom. The van der Waals surface area contributed by atoms with Crippen LogP contribution in [-0.4, -0.2) is 30.6 Å². The topological polar surface area (TPSA) is 15.3 Å². The highest BCUT2D eigenvalue weighted by atomic mass is 19.1. The highest BCUT2D eigenvalue weighted by molar-refractivity contribution is 5.23. The normalized spacial score (nSPS) is 29.2. The summed E-state index contributed by atoms with van der Waals surface area (Å²) in [7, 11) is 0. The molecule has 2 heterocycles. The van der Waals surface area contributed by atoms with Gasteiger partial charge in [0.25, 0.3) is 0 Å². The molecule has 1 aromatic rings. The van der Waals surface area contributed by atoms with E-state index in [0.29, 0.717) is 12.0 Å². The SMILES string of the molecule is CC(c1c(F)cccc1F)N1CCCC2CNCC21. The standard InChI is InChI=1S/C15H20F2N2/c1-10(15-12(16)5-2-6-13(15)17)19-7-3-4-11-8-18-9-14(11)19/h2,5-6,10-11,14,18H,3-4,7-9H2,1H3. The first-order valence-corrected chi connectivity index (χ1v) is 7.09. The predicted molar refractivity (Wildman–Crippen MR) is 70.9 cm³/mol. The van der Waals surface area contributed by atoms with Crippen molar-refractivity contribution in [2.24, 2.45) is 5.92 Å². The minimum Gasteiger partial charge on any atom is -0.315 e. The third-order valence-corrected chi connectivity index (χ3v) is 4.64. The van der Waals surface area contributed by atoms with Crippen molar-refractivity contribution in [1.82, 2.24) is 10.2 Å². The molecule has 2 saturated heterocycles. The van der Waals surface area contributed by atoms with Gasteiger partial charge in [-0.05, 0) is 50.9 Å². The van der Waals surface area contributed by atoms with Gasteiger partial charge >= 0.3 is 0 Å². The molecule has 3 unspecified atom stereocenters. The fourth-order valence-electron chi connectivity index (χ4n) is 3.66. The van der Waals surface area contributed by atoms with Crippen LogP contribution in [0.4, 0.5) is 8.78 Å². The molecule has 0 spiro atoms. The van der Waals surface area contributed by atoms with Gasteiger partial charge in [0, 0.05) is 24.2 Å². The molecule has 0 radical (unpaired) electrons. The van der Waals surface area contributed by atoms with E-state index in [1.807, 2.05) is 6.92 Å². The van der Waals surface area contributed by atoms with Gasteiger partial charge in [-0.3, -0.25) is 4.90 Å². The van der Waals surface area contributed by atoms with E-state index in [0.717, 1.165) is 26.1 Å². The molecule has 3 atom stereocenters. The van der Waals surface area contributed by atoms with E-state index in [1.54, 1.807) is 0 Å². The Bertz CT molecular complexity index is 443. The molecule has 0 amide bonds. The van der Waals surface area contributed by atoms with Crippen LogP contribution in [0.3, 0.4) is 0 Å². The molecule has 2 aliphatic rings. The summed E-state index contributed by atoms with van der Waals surface area (Å²) in [5.74, 6) is -0.229. The summed E-state index contributed by atoms with van der Waals surface area (Å²) in [6.07, 6.45) is 2.34. The van der Waals surface area contributed by atoms with Crippen molar-refractivity contribution in [3.05, 3.63) is 35.4 Å². The van der Waals surface area contributed by atoms with Gasteiger partial charge in [0.05, 0.1) is 0 Å². The lowest BCUT2D eigenvalue weighted by molar-refractivity contribution is 0.0813. The molecule has 2 aliphatic heterocycles. The largest absolute Gasteiger partial charge is 0.315 e. The van der Waals surface area contributed by atoms with Gasteiger partial charge in [-0.2, -0.15) is 0 Å². The highest BCUT2D eigenvalue weighted by Gasteiger charge is 2.38. The fourth-order valence-corrected chi connectivity index (χ4v) is 3.66. The minimum absolute atomic E-state index is 0.200. The Labute approximate surface area is 112 Å². The summed E-state index contributed by atoms with van der Waals surface area (Å²) in [4.78, 5) is 2.27. The average Bonchev–Trinajstić information content (AvgIpc) is 2.86. The fraction of sp³-hybridized carbons (Fsp3) is 0.600. The summed E-state index contributed by atoms with van der Waals surface area (Å²) >= 11 is 0. The van der Waals surface area contributed by atoms with Crippen molar-refractivity contribution in [1.29, 1.82) is 0 Å². The summed E-state index contributed by atoms with van der Waals surface area (Å²) in [6, 6.07) is 4.35. The molecule has 1 aromatic carbocycles. The zero-order chi connectivity index (χ0) is 13.4. The van der Waals surface area contributed by atoms with Crippen LogP contribution in [0.5, 0.6) is 0 Å². The molecule has 3 rings (SSSR count). The van der Waals surface area contributed by atoms with Gasteiger partial charge in [0.1, 0.15) is 11.6 Å². The van der Waals surface area contributed by atoms with Gasteiger partial charge in [0.15, 0.2) is 0 Å². The molecule has 4 heteroatoms. The molecule has 0 bridgehead atoms. The number of hydrogen-bond donors (Lipinski definition) is 1. The maximum atomic E-state index is 13.9. The summed E-state index contributed by atoms with van der Waals surface area (Å²) in [5.41, 5.74) is 0.218. The average molecular weight is 266 g/mol. The van der Waals surface area contributed by atoms with Crippen LogP contribution in [0, 0.1) is 17.6 Å². The molecule has 1 N–H and O–H groups in total. The molecule has 0 aromatic heterocycles. The number of piperidine rings is 1. The van der Waals surface area contributed by atoms with Crippen molar-refractivity contribution < 1.29 is 8.78 Å². The Balaban J connectivity index is 1.88. The number of nitrogens with one attached hydrogen (secondary N) is 1. The van der Waals surface area contributed by atoms with Crippen LogP contribution in [0.1, 0.15) is 31.4 Å². The third kappa shape index (κ3) is 2.28. The first kappa shape index (κ1) is 13.0. The van der Waals surface area contributed by atoms with Crippen molar-refractivity contribution in [2.75, 3.05) is 19.6 Å². The molecular weight excluding hydrogens is 246 g/mol. The van der Waals surface area contributed by atoms with E-state index in [9.17, 15) is 8.78 Å². The second kappa shape index (κ2) is 5.17. The monoisotopic (exact) mass is 266 g/mol. The number of halogens is 2. The van der Waals surface area contributed by atoms with Gasteiger partial charge < -0.3 is 5.32 Å². The number of rotatable bonds is 2. The van der Waals surface area contributed by atoms with Gasteiger partial charge in [0.2, 0.25) is 0 Å². The van der Waals surface area contributed by atoms with Gasteiger partial charge in [-0.15, -0.1) is 0 Å². The molecule has 2 nitrogen and oxygen atoms in total. The first-order valence-electron chi connectivity index (χ1n) is 7.09. The number of likely N-dealkylation sites (tertiary alicyclic amines) is 1. The zero-order valence-corrected chi connectivity index (χ0v) is 11.2. The van der Waals surface area contributed by atoms with Crippen LogP contribution < -0.4 is 5.32 Å². The van der Waals surface area contributed by atoms with Crippen LogP contribution in [-0.2, 0) is 0 Å². The van der Waals surface area contributed by atoms with Crippen molar-refractivity contribution in [3.8, 4) is 0 Å². The van der Waals surface area contributed by atoms with Gasteiger partial charge in [-0.1, -0.05) is 6.07 Å². The summed E-state index contributed by atoms with van der Waals surface area (Å²) < 4.78 is 27.8. The number of nitrogens with zero attached hydrogens (tertiary/aromatic N) is 1. The minimum atomic E-state index is -0.430. The first-order chi connectivity index (χ1) is 9.18. The number of hydrogen-bond acceptors (Lipinski definition) is 2. The maximum Gasteiger partial charge on any atom is 0.130 e. The van der Waals surface area contributed by atoms with E-state index in [2.05, 4.69) is 10.2 Å². The molecule has 0 aliphatic carbocycles. The number of fused-ring (bicyclic) bond motifs is 1. The van der Waals surface area contributed by atoms with Crippen LogP contribution in [0.15, 0.2) is 18.2 Å². The lowest BCUT2D eigenvalue weighted by Crippen LogP contribution is -2.46. The van der Waals surface area contributed by atoms with E-state index in [1.165, 1.54) is 24.6 Å². The second-order valence-electron chi connectivity index (χ2n) is 5.68. The summed E-state index contributed by atoms with van der Waals surface area (Å²) in [5, 5.41) is 3.40. The van der Waals surface area contributed by atoms with E-state index >= 15 is 0 Å². The smallest absolute Gasteiger partial charge is 0.130 e. The van der Waals surface area contributed by atoms with Crippen LogP contribution in [0.2, 0.25) is 0 Å². The van der Waals surface area contributed by atoms with Crippen molar-refractivity contribution in [3.63, 3.8) is 0 Å². The molecule has 2 fully saturated rings. The van der Waals surface area contributed by atoms with E-state index < -0.39 is 11.6 Å². The Morgan fingerprint density at radius 1 is 1.26 bits per heavy atom. The maximum absolute atomic E-state index is 13.9. The third-order valence-electron chi connectivity index (χ3n) is 4.64.